The summed E-state index contributed by atoms with van der Waals surface area (Å²) in [7, 11) is 4.52. The van der Waals surface area contributed by atoms with E-state index < -0.39 is 12.0 Å². The summed E-state index contributed by atoms with van der Waals surface area (Å²) >= 11 is 0. The van der Waals surface area contributed by atoms with Gasteiger partial charge in [0, 0.05) is 18.2 Å². The first-order chi connectivity index (χ1) is 11.6. The van der Waals surface area contributed by atoms with Crippen molar-refractivity contribution < 1.29 is 23.9 Å². The fraction of sp³-hybridized carbons (Fsp3) is 0.176. The van der Waals surface area contributed by atoms with E-state index in [1.807, 2.05) is 24.3 Å². The SMILES string of the molecule is CNC(=O)ONC(=O)c1ccc(OC)c(-c2cccc(OC)c2)c1. The summed E-state index contributed by atoms with van der Waals surface area (Å²) in [6.45, 7) is 0. The van der Waals surface area contributed by atoms with Crippen LogP contribution in [0, 0.1) is 0 Å². The van der Waals surface area contributed by atoms with Crippen molar-refractivity contribution in [3.05, 3.63) is 48.0 Å². The topological polar surface area (TPSA) is 85.9 Å². The monoisotopic (exact) mass is 330 g/mol. The highest BCUT2D eigenvalue weighted by atomic mass is 16.7. The molecule has 2 N–H and O–H groups in total. The molecule has 0 aliphatic rings. The first-order valence-electron chi connectivity index (χ1n) is 7.10. The second-order valence-corrected chi connectivity index (χ2v) is 4.72. The molecule has 0 aliphatic heterocycles. The molecule has 2 amide bonds. The minimum absolute atomic E-state index is 0.317. The quantitative estimate of drug-likeness (QED) is 0.841. The second kappa shape index (κ2) is 7.87. The average molecular weight is 330 g/mol. The average Bonchev–Trinajstić information content (AvgIpc) is 2.65. The zero-order chi connectivity index (χ0) is 17.5. The van der Waals surface area contributed by atoms with Gasteiger partial charge in [-0.25, -0.2) is 4.79 Å². The largest absolute Gasteiger partial charge is 0.497 e. The van der Waals surface area contributed by atoms with Gasteiger partial charge in [0.15, 0.2) is 0 Å². The lowest BCUT2D eigenvalue weighted by Crippen LogP contribution is -2.31. The third-order valence-corrected chi connectivity index (χ3v) is 3.28. The predicted molar refractivity (Wildman–Crippen MR) is 88.0 cm³/mol. The molecule has 0 heterocycles. The van der Waals surface area contributed by atoms with Crippen LogP contribution in [0.2, 0.25) is 0 Å². The maximum Gasteiger partial charge on any atom is 0.431 e. The number of carbonyl (C=O) groups excluding carboxylic acids is 2. The molecule has 0 unspecified atom stereocenters. The molecule has 2 aromatic rings. The molecule has 0 spiro atoms. The van der Waals surface area contributed by atoms with Gasteiger partial charge in [0.2, 0.25) is 0 Å². The highest BCUT2D eigenvalue weighted by Gasteiger charge is 2.13. The Balaban J connectivity index is 2.33. The number of hydroxylamine groups is 1. The van der Waals surface area contributed by atoms with Gasteiger partial charge in [0.1, 0.15) is 11.5 Å². The predicted octanol–water partition coefficient (Wildman–Crippen LogP) is 2.37. The van der Waals surface area contributed by atoms with Crippen LogP contribution in [0.25, 0.3) is 11.1 Å². The summed E-state index contributed by atoms with van der Waals surface area (Å²) in [6.07, 6.45) is -0.759. The number of rotatable bonds is 4. The van der Waals surface area contributed by atoms with Gasteiger partial charge in [-0.05, 0) is 35.9 Å². The Bertz CT molecular complexity index is 746. The smallest absolute Gasteiger partial charge is 0.431 e. The van der Waals surface area contributed by atoms with E-state index in [2.05, 4.69) is 15.6 Å². The summed E-state index contributed by atoms with van der Waals surface area (Å²) in [4.78, 5) is 27.7. The van der Waals surface area contributed by atoms with Crippen molar-refractivity contribution in [2.75, 3.05) is 21.3 Å². The van der Waals surface area contributed by atoms with E-state index in [9.17, 15) is 9.59 Å². The molecule has 0 saturated heterocycles. The minimum atomic E-state index is -0.759. The Morgan fingerprint density at radius 3 is 2.46 bits per heavy atom. The van der Waals surface area contributed by atoms with Crippen LogP contribution in [0.1, 0.15) is 10.4 Å². The van der Waals surface area contributed by atoms with Crippen molar-refractivity contribution >= 4 is 12.0 Å². The lowest BCUT2D eigenvalue weighted by Gasteiger charge is -2.12. The van der Waals surface area contributed by atoms with Crippen molar-refractivity contribution in [3.63, 3.8) is 0 Å². The van der Waals surface area contributed by atoms with E-state index in [0.29, 0.717) is 22.6 Å². The van der Waals surface area contributed by atoms with Gasteiger partial charge in [-0.1, -0.05) is 12.1 Å². The van der Waals surface area contributed by atoms with Gasteiger partial charge in [-0.15, -0.1) is 0 Å². The van der Waals surface area contributed by atoms with Crippen LogP contribution in [0.3, 0.4) is 0 Å². The van der Waals surface area contributed by atoms with E-state index in [1.165, 1.54) is 7.05 Å². The number of benzene rings is 2. The summed E-state index contributed by atoms with van der Waals surface area (Å²) in [5.74, 6) is 0.741. The summed E-state index contributed by atoms with van der Waals surface area (Å²) in [6, 6.07) is 12.3. The molecule has 126 valence electrons. The van der Waals surface area contributed by atoms with E-state index in [4.69, 9.17) is 9.47 Å². The molecule has 7 heteroatoms. The number of amides is 2. The van der Waals surface area contributed by atoms with E-state index in [0.717, 1.165) is 5.56 Å². The lowest BCUT2D eigenvalue weighted by atomic mass is 10.0. The van der Waals surface area contributed by atoms with Gasteiger partial charge >= 0.3 is 6.09 Å². The molecular weight excluding hydrogens is 312 g/mol. The molecule has 0 radical (unpaired) electrons. The molecule has 2 aromatic carbocycles. The minimum Gasteiger partial charge on any atom is -0.497 e. The van der Waals surface area contributed by atoms with Crippen LogP contribution in [-0.4, -0.2) is 33.3 Å². The number of nitrogens with one attached hydrogen (secondary N) is 2. The third kappa shape index (κ3) is 3.95. The van der Waals surface area contributed by atoms with E-state index in [1.54, 1.807) is 32.4 Å². The van der Waals surface area contributed by atoms with Crippen LogP contribution in [-0.2, 0) is 4.84 Å². The fourth-order valence-electron chi connectivity index (χ4n) is 2.07. The Kier molecular flexibility index (Phi) is 5.62. The Labute approximate surface area is 139 Å². The van der Waals surface area contributed by atoms with Crippen LogP contribution >= 0.6 is 0 Å². The third-order valence-electron chi connectivity index (χ3n) is 3.28. The van der Waals surface area contributed by atoms with Crippen molar-refractivity contribution in [2.45, 2.75) is 0 Å². The van der Waals surface area contributed by atoms with Crippen molar-refractivity contribution in [3.8, 4) is 22.6 Å². The van der Waals surface area contributed by atoms with Crippen LogP contribution < -0.4 is 20.3 Å². The highest BCUT2D eigenvalue weighted by molar-refractivity contribution is 5.96. The van der Waals surface area contributed by atoms with Crippen LogP contribution in [0.5, 0.6) is 11.5 Å². The van der Waals surface area contributed by atoms with E-state index >= 15 is 0 Å². The normalized spacial score (nSPS) is 9.79. The van der Waals surface area contributed by atoms with Gasteiger partial charge in [0.25, 0.3) is 5.91 Å². The zero-order valence-electron chi connectivity index (χ0n) is 13.6. The molecule has 2 rings (SSSR count). The van der Waals surface area contributed by atoms with Crippen LogP contribution in [0.15, 0.2) is 42.5 Å². The summed E-state index contributed by atoms with van der Waals surface area (Å²) < 4.78 is 10.6. The van der Waals surface area contributed by atoms with Crippen molar-refractivity contribution in [2.24, 2.45) is 0 Å². The first kappa shape index (κ1) is 17.1. The Hall–Kier alpha value is -3.22. The van der Waals surface area contributed by atoms with Gasteiger partial charge in [0.05, 0.1) is 14.2 Å². The molecule has 0 bridgehead atoms. The van der Waals surface area contributed by atoms with Gasteiger partial charge in [-0.2, -0.15) is 5.48 Å². The number of ether oxygens (including phenoxy) is 2. The highest BCUT2D eigenvalue weighted by Crippen LogP contribution is 2.32. The molecule has 7 nitrogen and oxygen atoms in total. The van der Waals surface area contributed by atoms with Crippen molar-refractivity contribution in [1.82, 2.24) is 10.8 Å². The number of hydrogen-bond acceptors (Lipinski definition) is 5. The number of hydrogen-bond donors (Lipinski definition) is 2. The maximum absolute atomic E-state index is 12.1. The number of carbonyl (C=O) groups is 2. The molecule has 24 heavy (non-hydrogen) atoms. The summed E-state index contributed by atoms with van der Waals surface area (Å²) in [5.41, 5.74) is 3.93. The molecule has 0 saturated carbocycles. The molecular formula is C17H18N2O5. The molecule has 0 atom stereocenters. The summed E-state index contributed by atoms with van der Waals surface area (Å²) in [5, 5.41) is 2.23. The fourth-order valence-corrected chi connectivity index (χ4v) is 2.07. The Morgan fingerprint density at radius 2 is 1.79 bits per heavy atom. The standard InChI is InChI=1S/C17H18N2O5/c1-18-17(21)24-19-16(20)12-7-8-15(23-3)14(10-12)11-5-4-6-13(9-11)22-2/h4-10H,1-3H3,(H,18,21)(H,19,20). The zero-order valence-corrected chi connectivity index (χ0v) is 13.6. The molecule has 0 aromatic heterocycles. The van der Waals surface area contributed by atoms with Gasteiger partial charge in [-0.3, -0.25) is 4.79 Å². The molecule has 0 aliphatic carbocycles. The van der Waals surface area contributed by atoms with Gasteiger partial charge < -0.3 is 19.6 Å². The lowest BCUT2D eigenvalue weighted by molar-refractivity contribution is 0.0578. The maximum atomic E-state index is 12.1. The second-order valence-electron chi connectivity index (χ2n) is 4.72. The van der Waals surface area contributed by atoms with E-state index in [-0.39, 0.29) is 0 Å². The Morgan fingerprint density at radius 1 is 1.00 bits per heavy atom. The number of methoxy groups -OCH3 is 2. The van der Waals surface area contributed by atoms with Crippen LogP contribution in [0.4, 0.5) is 4.79 Å². The molecule has 0 fully saturated rings. The van der Waals surface area contributed by atoms with Crippen molar-refractivity contribution in [1.29, 1.82) is 0 Å². The first-order valence-corrected chi connectivity index (χ1v) is 7.10.